The zero-order valence-electron chi connectivity index (χ0n) is 9.11. The molecule has 0 N–H and O–H groups in total. The SMILES string of the molecule is Clc1cccc(Cn2c(Cl)nnc2C2CC2)c1. The third-order valence-electron chi connectivity index (χ3n) is 2.91. The zero-order chi connectivity index (χ0) is 11.8. The Morgan fingerprint density at radius 2 is 2.06 bits per heavy atom. The lowest BCUT2D eigenvalue weighted by Gasteiger charge is -2.07. The molecule has 1 fully saturated rings. The summed E-state index contributed by atoms with van der Waals surface area (Å²) in [5, 5.41) is 9.27. The summed E-state index contributed by atoms with van der Waals surface area (Å²) in [6, 6.07) is 7.76. The van der Waals surface area contributed by atoms with Gasteiger partial charge in [0, 0.05) is 10.9 Å². The van der Waals surface area contributed by atoms with Crippen molar-refractivity contribution in [2.24, 2.45) is 0 Å². The Bertz CT molecular complexity index is 546. The van der Waals surface area contributed by atoms with Crippen LogP contribution in [-0.4, -0.2) is 14.8 Å². The lowest BCUT2D eigenvalue weighted by Crippen LogP contribution is -2.04. The first-order valence-corrected chi connectivity index (χ1v) is 6.32. The molecule has 88 valence electrons. The monoisotopic (exact) mass is 267 g/mol. The van der Waals surface area contributed by atoms with E-state index in [0.717, 1.165) is 16.4 Å². The summed E-state index contributed by atoms with van der Waals surface area (Å²) < 4.78 is 1.96. The molecule has 0 unspecified atom stereocenters. The first-order chi connectivity index (χ1) is 8.24. The molecule has 5 heteroatoms. The molecule has 0 spiro atoms. The lowest BCUT2D eigenvalue weighted by atomic mass is 10.2. The van der Waals surface area contributed by atoms with Gasteiger partial charge >= 0.3 is 0 Å². The minimum atomic E-state index is 0.451. The summed E-state index contributed by atoms with van der Waals surface area (Å²) in [5.41, 5.74) is 1.11. The molecule has 1 aromatic carbocycles. The van der Waals surface area contributed by atoms with E-state index in [1.807, 2.05) is 28.8 Å². The van der Waals surface area contributed by atoms with E-state index in [9.17, 15) is 0 Å². The van der Waals surface area contributed by atoms with E-state index in [2.05, 4.69) is 10.2 Å². The van der Waals surface area contributed by atoms with Crippen LogP contribution < -0.4 is 0 Å². The molecule has 0 atom stereocenters. The third kappa shape index (κ3) is 2.31. The van der Waals surface area contributed by atoms with E-state index >= 15 is 0 Å². The molecule has 1 heterocycles. The Hall–Kier alpha value is -1.06. The van der Waals surface area contributed by atoms with Crippen LogP contribution in [0.2, 0.25) is 10.3 Å². The van der Waals surface area contributed by atoms with Gasteiger partial charge in [0.05, 0.1) is 6.54 Å². The minimum absolute atomic E-state index is 0.451. The van der Waals surface area contributed by atoms with E-state index in [1.54, 1.807) is 0 Å². The van der Waals surface area contributed by atoms with Crippen LogP contribution in [0, 0.1) is 0 Å². The molecular formula is C12H11Cl2N3. The lowest BCUT2D eigenvalue weighted by molar-refractivity contribution is 0.727. The Morgan fingerprint density at radius 1 is 1.24 bits per heavy atom. The molecule has 0 radical (unpaired) electrons. The average Bonchev–Trinajstić information content (AvgIpc) is 3.07. The van der Waals surface area contributed by atoms with Crippen molar-refractivity contribution in [2.45, 2.75) is 25.3 Å². The van der Waals surface area contributed by atoms with Crippen LogP contribution in [0.4, 0.5) is 0 Å². The first-order valence-electron chi connectivity index (χ1n) is 5.57. The van der Waals surface area contributed by atoms with Gasteiger partial charge in [-0.2, -0.15) is 0 Å². The van der Waals surface area contributed by atoms with Crippen molar-refractivity contribution in [3.63, 3.8) is 0 Å². The van der Waals surface area contributed by atoms with Gasteiger partial charge in [-0.3, -0.25) is 4.57 Å². The van der Waals surface area contributed by atoms with Crippen molar-refractivity contribution in [1.29, 1.82) is 0 Å². The Balaban J connectivity index is 1.91. The van der Waals surface area contributed by atoms with E-state index < -0.39 is 0 Å². The van der Waals surface area contributed by atoms with Crippen LogP contribution in [0.15, 0.2) is 24.3 Å². The van der Waals surface area contributed by atoms with Crippen molar-refractivity contribution in [3.05, 3.63) is 46.0 Å². The molecule has 0 amide bonds. The van der Waals surface area contributed by atoms with Gasteiger partial charge in [-0.25, -0.2) is 0 Å². The molecule has 3 nitrogen and oxygen atoms in total. The minimum Gasteiger partial charge on any atom is -0.297 e. The highest BCUT2D eigenvalue weighted by molar-refractivity contribution is 6.30. The summed E-state index contributed by atoms with van der Waals surface area (Å²) in [6.07, 6.45) is 2.37. The fourth-order valence-corrected chi connectivity index (χ4v) is 2.30. The van der Waals surface area contributed by atoms with Crippen LogP contribution in [0.3, 0.4) is 0 Å². The Labute approximate surface area is 109 Å². The molecule has 0 bridgehead atoms. The smallest absolute Gasteiger partial charge is 0.225 e. The number of aromatic nitrogens is 3. The average molecular weight is 268 g/mol. The van der Waals surface area contributed by atoms with Crippen LogP contribution >= 0.6 is 23.2 Å². The van der Waals surface area contributed by atoms with Gasteiger partial charge in [-0.15, -0.1) is 10.2 Å². The Kier molecular flexibility index (Phi) is 2.81. The van der Waals surface area contributed by atoms with Crippen molar-refractivity contribution in [3.8, 4) is 0 Å². The molecule has 1 aromatic heterocycles. The van der Waals surface area contributed by atoms with Gasteiger partial charge in [0.2, 0.25) is 5.28 Å². The van der Waals surface area contributed by atoms with E-state index in [4.69, 9.17) is 23.2 Å². The number of hydrogen-bond donors (Lipinski definition) is 0. The highest BCUT2D eigenvalue weighted by atomic mass is 35.5. The summed E-state index contributed by atoms with van der Waals surface area (Å²) in [6.45, 7) is 0.679. The maximum Gasteiger partial charge on any atom is 0.225 e. The van der Waals surface area contributed by atoms with Crippen molar-refractivity contribution < 1.29 is 0 Å². The topological polar surface area (TPSA) is 30.7 Å². The summed E-state index contributed by atoms with van der Waals surface area (Å²) in [4.78, 5) is 0. The van der Waals surface area contributed by atoms with Crippen LogP contribution in [0.5, 0.6) is 0 Å². The summed E-state index contributed by atoms with van der Waals surface area (Å²) in [5.74, 6) is 1.53. The zero-order valence-corrected chi connectivity index (χ0v) is 10.6. The van der Waals surface area contributed by atoms with Gasteiger partial charge in [0.25, 0.3) is 0 Å². The predicted molar refractivity (Wildman–Crippen MR) is 67.6 cm³/mol. The molecule has 17 heavy (non-hydrogen) atoms. The maximum absolute atomic E-state index is 6.06. The van der Waals surface area contributed by atoms with Gasteiger partial charge in [-0.05, 0) is 42.1 Å². The third-order valence-corrected chi connectivity index (χ3v) is 3.42. The summed E-state index contributed by atoms with van der Waals surface area (Å²) >= 11 is 12.0. The van der Waals surface area contributed by atoms with Gasteiger partial charge in [-0.1, -0.05) is 23.7 Å². The van der Waals surface area contributed by atoms with Crippen molar-refractivity contribution >= 4 is 23.2 Å². The molecule has 1 aliphatic carbocycles. The molecular weight excluding hydrogens is 257 g/mol. The number of rotatable bonds is 3. The van der Waals surface area contributed by atoms with Crippen LogP contribution in [0.25, 0.3) is 0 Å². The second-order valence-electron chi connectivity index (χ2n) is 4.32. The maximum atomic E-state index is 6.06. The number of hydrogen-bond acceptors (Lipinski definition) is 2. The van der Waals surface area contributed by atoms with E-state index in [-0.39, 0.29) is 0 Å². The molecule has 0 aliphatic heterocycles. The quantitative estimate of drug-likeness (QED) is 0.852. The molecule has 2 aromatic rings. The molecule has 0 saturated heterocycles. The molecule has 1 saturated carbocycles. The fourth-order valence-electron chi connectivity index (χ4n) is 1.90. The largest absolute Gasteiger partial charge is 0.297 e. The highest BCUT2D eigenvalue weighted by Crippen LogP contribution is 2.39. The van der Waals surface area contributed by atoms with Crippen LogP contribution in [0.1, 0.15) is 30.1 Å². The Morgan fingerprint density at radius 3 is 2.76 bits per heavy atom. The van der Waals surface area contributed by atoms with Crippen molar-refractivity contribution in [2.75, 3.05) is 0 Å². The van der Waals surface area contributed by atoms with Gasteiger partial charge in [0.1, 0.15) is 5.82 Å². The predicted octanol–water partition coefficient (Wildman–Crippen LogP) is 3.51. The highest BCUT2D eigenvalue weighted by Gasteiger charge is 2.30. The number of nitrogens with zero attached hydrogens (tertiary/aromatic N) is 3. The standard InChI is InChI=1S/C12H11Cl2N3/c13-10-3-1-2-8(6-10)7-17-11(9-4-5-9)15-16-12(17)14/h1-3,6,9H,4-5,7H2. The van der Waals surface area contributed by atoms with Gasteiger partial charge < -0.3 is 0 Å². The summed E-state index contributed by atoms with van der Waals surface area (Å²) in [7, 11) is 0. The molecule has 1 aliphatic rings. The molecule has 3 rings (SSSR count). The van der Waals surface area contributed by atoms with E-state index in [0.29, 0.717) is 17.7 Å². The first kappa shape index (κ1) is 11.1. The van der Waals surface area contributed by atoms with Crippen molar-refractivity contribution in [1.82, 2.24) is 14.8 Å². The van der Waals surface area contributed by atoms with Crippen LogP contribution in [-0.2, 0) is 6.54 Å². The number of halogens is 2. The number of benzene rings is 1. The second kappa shape index (κ2) is 4.31. The fraction of sp³-hybridized carbons (Fsp3) is 0.333. The second-order valence-corrected chi connectivity index (χ2v) is 5.09. The van der Waals surface area contributed by atoms with Gasteiger partial charge in [0.15, 0.2) is 0 Å². The normalized spacial score (nSPS) is 15.2. The van der Waals surface area contributed by atoms with E-state index in [1.165, 1.54) is 12.8 Å².